The lowest BCUT2D eigenvalue weighted by Crippen LogP contribution is -2.48. The van der Waals surface area contributed by atoms with Gasteiger partial charge in [0.25, 0.3) is 10.0 Å². The average Bonchev–Trinajstić information content (AvgIpc) is 3.21. The first kappa shape index (κ1) is 20.0. The van der Waals surface area contributed by atoms with Crippen LogP contribution >= 0.6 is 11.3 Å². The van der Waals surface area contributed by atoms with Gasteiger partial charge in [-0.15, -0.1) is 21.5 Å². The molecule has 1 aliphatic heterocycles. The van der Waals surface area contributed by atoms with E-state index in [0.717, 1.165) is 28.4 Å². The van der Waals surface area contributed by atoms with E-state index in [0.29, 0.717) is 30.4 Å². The largest absolute Gasteiger partial charge is 0.352 e. The van der Waals surface area contributed by atoms with Crippen LogP contribution in [0.25, 0.3) is 11.3 Å². The molecule has 0 amide bonds. The Morgan fingerprint density at radius 2 is 1.66 bits per heavy atom. The van der Waals surface area contributed by atoms with Gasteiger partial charge in [-0.3, -0.25) is 0 Å². The van der Waals surface area contributed by atoms with Crippen molar-refractivity contribution in [2.45, 2.75) is 24.5 Å². The van der Waals surface area contributed by atoms with Crippen molar-refractivity contribution in [1.29, 1.82) is 0 Å². The van der Waals surface area contributed by atoms with E-state index in [2.05, 4.69) is 46.3 Å². The third-order valence-corrected chi connectivity index (χ3v) is 8.55. The van der Waals surface area contributed by atoms with Gasteiger partial charge in [0.2, 0.25) is 0 Å². The molecule has 29 heavy (non-hydrogen) atoms. The first-order chi connectivity index (χ1) is 14.0. The molecule has 0 bridgehead atoms. The van der Waals surface area contributed by atoms with Crippen LogP contribution in [-0.4, -0.2) is 49.1 Å². The van der Waals surface area contributed by atoms with Crippen LogP contribution in [0.15, 0.2) is 52.7 Å². The van der Waals surface area contributed by atoms with Crippen molar-refractivity contribution in [3.63, 3.8) is 0 Å². The molecule has 1 aliphatic rings. The standard InChI is InChI=1S/C21H24N4O2S2/c1-3-17-5-7-18(8-6-17)19-9-10-20(23-22-19)24-12-14-25(15-13-24)29(26,27)21-11-4-16(2)28-21/h4-11H,3,12-15H2,1-2H3. The highest BCUT2D eigenvalue weighted by Crippen LogP contribution is 2.26. The van der Waals surface area contributed by atoms with Gasteiger partial charge in [0.15, 0.2) is 5.82 Å². The predicted molar refractivity (Wildman–Crippen MR) is 117 cm³/mol. The smallest absolute Gasteiger partial charge is 0.252 e. The highest BCUT2D eigenvalue weighted by molar-refractivity contribution is 7.91. The summed E-state index contributed by atoms with van der Waals surface area (Å²) in [7, 11) is -3.41. The summed E-state index contributed by atoms with van der Waals surface area (Å²) in [6, 6.07) is 15.8. The molecule has 6 nitrogen and oxygen atoms in total. The van der Waals surface area contributed by atoms with Gasteiger partial charge in [0.05, 0.1) is 5.69 Å². The molecule has 0 N–H and O–H groups in total. The first-order valence-corrected chi connectivity index (χ1v) is 12.0. The summed E-state index contributed by atoms with van der Waals surface area (Å²) < 4.78 is 27.5. The van der Waals surface area contributed by atoms with Gasteiger partial charge in [-0.1, -0.05) is 31.2 Å². The van der Waals surface area contributed by atoms with Crippen LogP contribution < -0.4 is 4.90 Å². The molecule has 4 rings (SSSR count). The van der Waals surface area contributed by atoms with Crippen LogP contribution in [0, 0.1) is 6.92 Å². The zero-order chi connectivity index (χ0) is 20.4. The molecule has 2 aromatic heterocycles. The number of rotatable bonds is 5. The molecule has 1 saturated heterocycles. The Kier molecular flexibility index (Phi) is 5.67. The first-order valence-electron chi connectivity index (χ1n) is 9.72. The summed E-state index contributed by atoms with van der Waals surface area (Å²) in [6.07, 6.45) is 1.01. The number of benzene rings is 1. The summed E-state index contributed by atoms with van der Waals surface area (Å²) in [5.41, 5.74) is 3.18. The Hall–Kier alpha value is -2.29. The van der Waals surface area contributed by atoms with Crippen LogP contribution in [0.4, 0.5) is 5.82 Å². The molecule has 0 spiro atoms. The zero-order valence-corrected chi connectivity index (χ0v) is 18.2. The minimum atomic E-state index is -3.41. The number of nitrogens with zero attached hydrogens (tertiary/aromatic N) is 4. The molecular weight excluding hydrogens is 404 g/mol. The van der Waals surface area contributed by atoms with Gasteiger partial charge in [0.1, 0.15) is 4.21 Å². The van der Waals surface area contributed by atoms with Crippen molar-refractivity contribution in [1.82, 2.24) is 14.5 Å². The normalized spacial score (nSPS) is 15.6. The third kappa shape index (κ3) is 4.19. The van der Waals surface area contributed by atoms with Crippen LogP contribution in [0.5, 0.6) is 0 Å². The van der Waals surface area contributed by atoms with Crippen LogP contribution in [0.2, 0.25) is 0 Å². The number of sulfonamides is 1. The second-order valence-corrected chi connectivity index (χ2v) is 10.5. The van der Waals surface area contributed by atoms with Crippen LogP contribution in [0.3, 0.4) is 0 Å². The molecule has 0 saturated carbocycles. The number of hydrogen-bond acceptors (Lipinski definition) is 6. The number of thiophene rings is 1. The Labute approximate surface area is 175 Å². The summed E-state index contributed by atoms with van der Waals surface area (Å²) in [6.45, 7) is 6.15. The summed E-state index contributed by atoms with van der Waals surface area (Å²) >= 11 is 1.32. The fourth-order valence-electron chi connectivity index (χ4n) is 3.39. The highest BCUT2D eigenvalue weighted by Gasteiger charge is 2.30. The van der Waals surface area contributed by atoms with Gasteiger partial charge in [-0.25, -0.2) is 8.42 Å². The van der Waals surface area contributed by atoms with E-state index < -0.39 is 10.0 Å². The molecule has 0 unspecified atom stereocenters. The van der Waals surface area contributed by atoms with Gasteiger partial charge in [-0.2, -0.15) is 4.31 Å². The fraction of sp³-hybridized carbons (Fsp3) is 0.333. The zero-order valence-electron chi connectivity index (χ0n) is 16.6. The quantitative estimate of drug-likeness (QED) is 0.621. The van der Waals surface area contributed by atoms with Crippen LogP contribution in [-0.2, 0) is 16.4 Å². The van der Waals surface area contributed by atoms with E-state index in [9.17, 15) is 8.42 Å². The number of piperazine rings is 1. The lowest BCUT2D eigenvalue weighted by atomic mass is 10.1. The number of hydrogen-bond donors (Lipinski definition) is 0. The van der Waals surface area contributed by atoms with Gasteiger partial charge in [0, 0.05) is 36.6 Å². The summed E-state index contributed by atoms with van der Waals surface area (Å²) in [5, 5.41) is 8.76. The van der Waals surface area contributed by atoms with E-state index >= 15 is 0 Å². The van der Waals surface area contributed by atoms with Crippen molar-refractivity contribution in [3.05, 3.63) is 59.0 Å². The van der Waals surface area contributed by atoms with Crippen molar-refractivity contribution in [2.24, 2.45) is 0 Å². The van der Waals surface area contributed by atoms with Crippen LogP contribution in [0.1, 0.15) is 17.4 Å². The maximum atomic E-state index is 12.8. The SMILES string of the molecule is CCc1ccc(-c2ccc(N3CCN(S(=O)(=O)c4ccc(C)s4)CC3)nn2)cc1. The maximum absolute atomic E-state index is 12.8. The molecule has 1 aromatic carbocycles. The highest BCUT2D eigenvalue weighted by atomic mass is 32.2. The summed E-state index contributed by atoms with van der Waals surface area (Å²) in [4.78, 5) is 3.09. The van der Waals surface area contributed by atoms with Gasteiger partial charge >= 0.3 is 0 Å². The van der Waals surface area contributed by atoms with Crippen molar-refractivity contribution in [3.8, 4) is 11.3 Å². The van der Waals surface area contributed by atoms with E-state index in [-0.39, 0.29) is 0 Å². The molecule has 152 valence electrons. The minimum Gasteiger partial charge on any atom is -0.352 e. The monoisotopic (exact) mass is 428 g/mol. The lowest BCUT2D eigenvalue weighted by Gasteiger charge is -2.34. The van der Waals surface area contributed by atoms with Crippen molar-refractivity contribution >= 4 is 27.2 Å². The second kappa shape index (κ2) is 8.22. The molecule has 3 heterocycles. The molecule has 8 heteroatoms. The van der Waals surface area contributed by atoms with E-state index in [4.69, 9.17) is 0 Å². The Morgan fingerprint density at radius 3 is 2.21 bits per heavy atom. The fourth-order valence-corrected chi connectivity index (χ4v) is 6.25. The van der Waals surface area contributed by atoms with E-state index in [1.165, 1.54) is 16.9 Å². The molecule has 0 radical (unpaired) electrons. The number of anilines is 1. The topological polar surface area (TPSA) is 66.4 Å². The Balaban J connectivity index is 1.42. The Morgan fingerprint density at radius 1 is 0.931 bits per heavy atom. The lowest BCUT2D eigenvalue weighted by molar-refractivity contribution is 0.384. The minimum absolute atomic E-state index is 0.418. The molecule has 1 fully saturated rings. The average molecular weight is 429 g/mol. The molecular formula is C21H24N4O2S2. The third-order valence-electron chi connectivity index (χ3n) is 5.18. The van der Waals surface area contributed by atoms with E-state index in [1.54, 1.807) is 10.4 Å². The molecule has 0 aliphatic carbocycles. The number of aromatic nitrogens is 2. The van der Waals surface area contributed by atoms with Crippen molar-refractivity contribution in [2.75, 3.05) is 31.1 Å². The second-order valence-electron chi connectivity index (χ2n) is 7.08. The van der Waals surface area contributed by atoms with E-state index in [1.807, 2.05) is 25.1 Å². The predicted octanol–water partition coefficient (Wildman–Crippen LogP) is 3.59. The number of aryl methyl sites for hydroxylation is 2. The van der Waals surface area contributed by atoms with Gasteiger partial charge in [-0.05, 0) is 43.2 Å². The van der Waals surface area contributed by atoms with Gasteiger partial charge < -0.3 is 4.90 Å². The maximum Gasteiger partial charge on any atom is 0.252 e. The molecule has 0 atom stereocenters. The molecule has 3 aromatic rings. The summed E-state index contributed by atoms with van der Waals surface area (Å²) in [5.74, 6) is 0.781. The Bertz CT molecular complexity index is 1070. The van der Waals surface area contributed by atoms with Crippen molar-refractivity contribution < 1.29 is 8.42 Å².